The van der Waals surface area contributed by atoms with Crippen LogP contribution in [0.2, 0.25) is 0 Å². The lowest BCUT2D eigenvalue weighted by molar-refractivity contribution is 1.59. The Bertz CT molecular complexity index is 222. The highest BCUT2D eigenvalue weighted by atomic mass is 35.5. The van der Waals surface area contributed by atoms with Gasteiger partial charge in [0.15, 0.2) is 0 Å². The average Bonchev–Trinajstić information content (AvgIpc) is 1.98. The van der Waals surface area contributed by atoms with E-state index in [9.17, 15) is 0 Å². The number of rotatable bonds is 3. The molecule has 0 bridgehead atoms. The molecule has 0 N–H and O–H groups in total. The van der Waals surface area contributed by atoms with Gasteiger partial charge in [0.25, 0.3) is 0 Å². The second-order valence-corrected chi connectivity index (χ2v) is 2.73. The minimum absolute atomic E-state index is 0.424. The van der Waals surface area contributed by atoms with Crippen molar-refractivity contribution in [2.24, 2.45) is 0 Å². The van der Waals surface area contributed by atoms with E-state index < -0.39 is 0 Å². The summed E-state index contributed by atoms with van der Waals surface area (Å²) in [5.74, 6) is 0. The van der Waals surface area contributed by atoms with Crippen molar-refractivity contribution in [2.75, 3.05) is 0 Å². The molecule has 0 aromatic heterocycles. The zero-order valence-electron chi connectivity index (χ0n) is 6.40. The fourth-order valence-electron chi connectivity index (χ4n) is 0.576. The summed E-state index contributed by atoms with van der Waals surface area (Å²) in [6, 6.07) is 0. The van der Waals surface area contributed by atoms with E-state index in [4.69, 9.17) is 23.2 Å². The lowest BCUT2D eigenvalue weighted by Gasteiger charge is -1.98. The van der Waals surface area contributed by atoms with Crippen LogP contribution in [0.15, 0.2) is 47.0 Å². The predicted octanol–water partition coefficient (Wildman–Crippen LogP) is 3.99. The molecule has 0 saturated heterocycles. The molecule has 0 heterocycles. The van der Waals surface area contributed by atoms with Gasteiger partial charge in [0.05, 0.1) is 0 Å². The third kappa shape index (κ3) is 3.45. The van der Waals surface area contributed by atoms with Crippen LogP contribution < -0.4 is 0 Å². The maximum Gasteiger partial charge on any atom is 0.0487 e. The molecule has 0 radical (unpaired) electrons. The molecular weight excluding hydrogens is 179 g/mol. The summed E-state index contributed by atoms with van der Waals surface area (Å²) in [4.78, 5) is 0. The first-order chi connectivity index (χ1) is 5.13. The lowest BCUT2D eigenvalue weighted by Crippen LogP contribution is -1.78. The summed E-state index contributed by atoms with van der Waals surface area (Å²) in [6.45, 7) is 8.97. The van der Waals surface area contributed by atoms with E-state index >= 15 is 0 Å². The summed E-state index contributed by atoms with van der Waals surface area (Å²) >= 11 is 11.4. The first-order valence-electron chi connectivity index (χ1n) is 3.13. The fourth-order valence-corrected chi connectivity index (χ4v) is 0.966. The lowest BCUT2D eigenvalue weighted by atomic mass is 10.2. The quantitative estimate of drug-likeness (QED) is 0.588. The minimum Gasteiger partial charge on any atom is -0.0976 e. The molecule has 0 aliphatic rings. The van der Waals surface area contributed by atoms with Crippen LogP contribution >= 0.6 is 23.2 Å². The van der Waals surface area contributed by atoms with Gasteiger partial charge in [-0.25, -0.2) is 0 Å². The van der Waals surface area contributed by atoms with E-state index in [2.05, 4.69) is 13.2 Å². The summed E-state index contributed by atoms with van der Waals surface area (Å²) in [6.07, 6.45) is 5.17. The molecule has 11 heavy (non-hydrogen) atoms. The molecule has 60 valence electrons. The molecule has 0 rings (SSSR count). The fraction of sp³-hybridized carbons (Fsp3) is 0.111. The van der Waals surface area contributed by atoms with Crippen LogP contribution in [0.1, 0.15) is 6.92 Å². The van der Waals surface area contributed by atoms with Crippen molar-refractivity contribution in [3.05, 3.63) is 47.0 Å². The highest BCUT2D eigenvalue weighted by Gasteiger charge is 1.99. The van der Waals surface area contributed by atoms with E-state index in [1.165, 1.54) is 6.08 Å². The van der Waals surface area contributed by atoms with Crippen LogP contribution in [0.4, 0.5) is 0 Å². The molecular formula is C9H10Cl2. The monoisotopic (exact) mass is 188 g/mol. The molecule has 0 aromatic rings. The topological polar surface area (TPSA) is 0 Å². The normalized spacial score (nSPS) is 13.0. The van der Waals surface area contributed by atoms with Crippen molar-refractivity contribution in [2.45, 2.75) is 6.92 Å². The van der Waals surface area contributed by atoms with Crippen LogP contribution in [-0.4, -0.2) is 0 Å². The summed E-state index contributed by atoms with van der Waals surface area (Å²) in [7, 11) is 0. The predicted molar refractivity (Wildman–Crippen MR) is 52.9 cm³/mol. The van der Waals surface area contributed by atoms with Crippen LogP contribution in [0, 0.1) is 0 Å². The third-order valence-corrected chi connectivity index (χ3v) is 1.62. The number of hydrogen-bond acceptors (Lipinski definition) is 0. The van der Waals surface area contributed by atoms with Gasteiger partial charge in [-0.05, 0) is 6.92 Å². The molecule has 0 aliphatic heterocycles. The van der Waals surface area contributed by atoms with Crippen LogP contribution in [0.25, 0.3) is 0 Å². The van der Waals surface area contributed by atoms with Crippen molar-refractivity contribution in [3.8, 4) is 0 Å². The van der Waals surface area contributed by atoms with Gasteiger partial charge in [0.1, 0.15) is 0 Å². The van der Waals surface area contributed by atoms with E-state index in [1.807, 2.05) is 13.0 Å². The van der Waals surface area contributed by atoms with Crippen LogP contribution in [0.3, 0.4) is 0 Å². The molecule has 0 aliphatic carbocycles. The van der Waals surface area contributed by atoms with Gasteiger partial charge >= 0.3 is 0 Å². The molecule has 2 heteroatoms. The Hall–Kier alpha value is -0.460. The largest absolute Gasteiger partial charge is 0.0976 e. The summed E-state index contributed by atoms with van der Waals surface area (Å²) < 4.78 is 0. The minimum atomic E-state index is 0.424. The number of halogens is 2. The van der Waals surface area contributed by atoms with Crippen molar-refractivity contribution < 1.29 is 0 Å². The van der Waals surface area contributed by atoms with Crippen LogP contribution in [-0.2, 0) is 0 Å². The van der Waals surface area contributed by atoms with Crippen molar-refractivity contribution in [1.29, 1.82) is 0 Å². The highest BCUT2D eigenvalue weighted by molar-refractivity contribution is 6.36. The average molecular weight is 189 g/mol. The Labute approximate surface area is 77.5 Å². The van der Waals surface area contributed by atoms with Gasteiger partial charge in [0.2, 0.25) is 0 Å². The SMILES string of the molecule is C=C/C(Cl)=C(/C=C/C)C(=C)Cl. The molecule has 0 spiro atoms. The van der Waals surface area contributed by atoms with Crippen molar-refractivity contribution >= 4 is 23.2 Å². The summed E-state index contributed by atoms with van der Waals surface area (Å²) in [5.41, 5.74) is 0.714. The maximum absolute atomic E-state index is 5.77. The number of hydrogen-bond donors (Lipinski definition) is 0. The summed E-state index contributed by atoms with van der Waals surface area (Å²) in [5, 5.41) is 0.941. The molecule has 0 aromatic carbocycles. The zero-order valence-corrected chi connectivity index (χ0v) is 7.91. The van der Waals surface area contributed by atoms with E-state index in [0.717, 1.165) is 0 Å². The smallest absolute Gasteiger partial charge is 0.0487 e. The molecule has 0 atom stereocenters. The second-order valence-electron chi connectivity index (χ2n) is 1.87. The van der Waals surface area contributed by atoms with E-state index in [1.54, 1.807) is 6.08 Å². The van der Waals surface area contributed by atoms with E-state index in [0.29, 0.717) is 15.6 Å². The highest BCUT2D eigenvalue weighted by Crippen LogP contribution is 2.21. The van der Waals surface area contributed by atoms with Gasteiger partial charge < -0.3 is 0 Å². The van der Waals surface area contributed by atoms with Crippen molar-refractivity contribution in [1.82, 2.24) is 0 Å². The van der Waals surface area contributed by atoms with Gasteiger partial charge in [-0.2, -0.15) is 0 Å². The Morgan fingerprint density at radius 2 is 1.91 bits per heavy atom. The molecule has 0 nitrogen and oxygen atoms in total. The Morgan fingerprint density at radius 3 is 2.18 bits per heavy atom. The molecule has 0 unspecified atom stereocenters. The van der Waals surface area contributed by atoms with Gasteiger partial charge in [0, 0.05) is 15.6 Å². The first kappa shape index (κ1) is 10.5. The Balaban J connectivity index is 4.87. The van der Waals surface area contributed by atoms with Crippen LogP contribution in [0.5, 0.6) is 0 Å². The number of allylic oxidation sites excluding steroid dienone is 6. The first-order valence-corrected chi connectivity index (χ1v) is 3.88. The van der Waals surface area contributed by atoms with Gasteiger partial charge in [-0.1, -0.05) is 54.6 Å². The molecule has 0 fully saturated rings. The van der Waals surface area contributed by atoms with Gasteiger partial charge in [-0.3, -0.25) is 0 Å². The Morgan fingerprint density at radius 1 is 1.36 bits per heavy atom. The van der Waals surface area contributed by atoms with E-state index in [-0.39, 0.29) is 0 Å². The molecule has 0 amide bonds. The Kier molecular flexibility index (Phi) is 5.01. The van der Waals surface area contributed by atoms with Crippen molar-refractivity contribution in [3.63, 3.8) is 0 Å². The standard InChI is InChI=1S/C9H10Cl2/c1-4-6-8(7(3)10)9(11)5-2/h4-6H,2-3H2,1H3/b6-4+,9-8+. The van der Waals surface area contributed by atoms with Gasteiger partial charge in [-0.15, -0.1) is 0 Å². The second kappa shape index (κ2) is 5.22. The third-order valence-electron chi connectivity index (χ3n) is 1.06. The zero-order chi connectivity index (χ0) is 8.85. The molecule has 0 saturated carbocycles. The maximum atomic E-state index is 5.77.